The molecule has 0 radical (unpaired) electrons. The van der Waals surface area contributed by atoms with Crippen LogP contribution in [0.15, 0.2) is 48.5 Å². The summed E-state index contributed by atoms with van der Waals surface area (Å²) in [5, 5.41) is 13.5. The van der Waals surface area contributed by atoms with Crippen molar-refractivity contribution < 1.29 is 19.4 Å². The lowest BCUT2D eigenvalue weighted by Gasteiger charge is -2.40. The molecular weight excluding hydrogens is 392 g/mol. The van der Waals surface area contributed by atoms with Crippen molar-refractivity contribution in [1.82, 2.24) is 10.2 Å². The highest BCUT2D eigenvalue weighted by Crippen LogP contribution is 2.45. The Labute approximate surface area is 182 Å². The highest BCUT2D eigenvalue weighted by atomic mass is 16.5. The van der Waals surface area contributed by atoms with Crippen LogP contribution in [-0.2, 0) is 14.3 Å². The Hall–Kier alpha value is -2.70. The summed E-state index contributed by atoms with van der Waals surface area (Å²) in [5.74, 6) is -1.77. The number of likely N-dealkylation sites (tertiary alicyclic amines) is 1. The fraction of sp³-hybridized carbons (Fsp3) is 0.440. The zero-order chi connectivity index (χ0) is 21.4. The number of rotatable bonds is 5. The van der Waals surface area contributed by atoms with Crippen LogP contribution in [0.4, 0.5) is 0 Å². The third kappa shape index (κ3) is 3.25. The van der Waals surface area contributed by atoms with Crippen molar-refractivity contribution in [2.24, 2.45) is 0 Å². The summed E-state index contributed by atoms with van der Waals surface area (Å²) in [4.78, 5) is 27.7. The number of ether oxygens (including phenoxy) is 1. The van der Waals surface area contributed by atoms with Crippen molar-refractivity contribution in [2.75, 3.05) is 26.2 Å². The second-order valence-corrected chi connectivity index (χ2v) is 8.77. The van der Waals surface area contributed by atoms with Crippen molar-refractivity contribution in [2.45, 2.75) is 43.2 Å². The maximum Gasteiger partial charge on any atom is 0.338 e. The molecule has 2 aromatic rings. The largest absolute Gasteiger partial charge is 0.479 e. The van der Waals surface area contributed by atoms with Crippen LogP contribution in [0.25, 0.3) is 11.1 Å². The van der Waals surface area contributed by atoms with E-state index < -0.39 is 17.5 Å². The molecule has 2 aromatic carbocycles. The number of piperidine rings is 1. The van der Waals surface area contributed by atoms with Gasteiger partial charge in [-0.05, 0) is 61.0 Å². The number of carbonyl (C=O) groups excluding carboxylic acids is 1. The van der Waals surface area contributed by atoms with Gasteiger partial charge in [0.25, 0.3) is 0 Å². The van der Waals surface area contributed by atoms with Gasteiger partial charge < -0.3 is 15.2 Å². The number of fused-ring (bicyclic) bond motifs is 3. The molecule has 6 nitrogen and oxygen atoms in total. The van der Waals surface area contributed by atoms with Gasteiger partial charge >= 0.3 is 11.9 Å². The Bertz CT molecular complexity index is 955. The molecule has 1 atom stereocenters. The fourth-order valence-corrected chi connectivity index (χ4v) is 5.71. The van der Waals surface area contributed by atoms with Gasteiger partial charge in [-0.15, -0.1) is 0 Å². The van der Waals surface area contributed by atoms with Gasteiger partial charge in [0, 0.05) is 18.5 Å². The first-order chi connectivity index (χ1) is 15.1. The van der Waals surface area contributed by atoms with Crippen molar-refractivity contribution in [1.29, 1.82) is 0 Å². The molecule has 162 valence electrons. The number of benzene rings is 2. The minimum Gasteiger partial charge on any atom is -0.479 e. The first kappa shape index (κ1) is 20.2. The lowest BCUT2D eigenvalue weighted by atomic mass is 9.92. The van der Waals surface area contributed by atoms with Crippen LogP contribution in [0.2, 0.25) is 0 Å². The third-order valence-corrected chi connectivity index (χ3v) is 7.21. The van der Waals surface area contributed by atoms with E-state index in [1.807, 2.05) is 29.2 Å². The van der Waals surface area contributed by atoms with E-state index in [-0.39, 0.29) is 18.6 Å². The van der Waals surface area contributed by atoms with Crippen LogP contribution < -0.4 is 5.32 Å². The van der Waals surface area contributed by atoms with Crippen LogP contribution in [0.3, 0.4) is 0 Å². The molecular formula is C25H28N2O4. The molecule has 3 aliphatic rings. The quantitative estimate of drug-likeness (QED) is 0.572. The standard InChI is InChI=1S/C25H28N2O4/c28-23(29)25(12-5-15-27(25)17-10-13-26-14-11-17)24(30)31-16-22-20-8-3-1-6-18(20)19-7-2-4-9-21(19)22/h1-4,6-9,17,22,26H,5,10-16H2,(H,28,29)/t25-/m0/s1. The number of hydrogen-bond acceptors (Lipinski definition) is 5. The number of hydrogen-bond donors (Lipinski definition) is 2. The highest BCUT2D eigenvalue weighted by Gasteiger charge is 2.57. The predicted molar refractivity (Wildman–Crippen MR) is 117 cm³/mol. The summed E-state index contributed by atoms with van der Waals surface area (Å²) in [6.07, 6.45) is 2.71. The molecule has 5 rings (SSSR count). The topological polar surface area (TPSA) is 78.9 Å². The second kappa shape index (κ2) is 8.09. The van der Waals surface area contributed by atoms with E-state index in [4.69, 9.17) is 4.74 Å². The van der Waals surface area contributed by atoms with Crippen LogP contribution in [0, 0.1) is 0 Å². The third-order valence-electron chi connectivity index (χ3n) is 7.21. The molecule has 0 saturated carbocycles. The Balaban J connectivity index is 1.40. The number of carboxylic acid groups (broad SMARTS) is 1. The summed E-state index contributed by atoms with van der Waals surface area (Å²) >= 11 is 0. The predicted octanol–water partition coefficient (Wildman–Crippen LogP) is 3.01. The van der Waals surface area contributed by atoms with E-state index in [0.717, 1.165) is 48.2 Å². The molecule has 6 heteroatoms. The Kier molecular flexibility index (Phi) is 5.28. The number of carboxylic acids is 1. The van der Waals surface area contributed by atoms with E-state index in [1.54, 1.807) is 0 Å². The van der Waals surface area contributed by atoms with Gasteiger partial charge in [0.1, 0.15) is 6.61 Å². The first-order valence-corrected chi connectivity index (χ1v) is 11.2. The number of nitrogens with one attached hydrogen (secondary N) is 1. The van der Waals surface area contributed by atoms with Gasteiger partial charge in [-0.1, -0.05) is 48.5 Å². The summed E-state index contributed by atoms with van der Waals surface area (Å²) in [5.41, 5.74) is 3.00. The molecule has 2 heterocycles. The van der Waals surface area contributed by atoms with E-state index in [1.165, 1.54) is 0 Å². The lowest BCUT2D eigenvalue weighted by Crippen LogP contribution is -2.61. The van der Waals surface area contributed by atoms with Crippen LogP contribution in [-0.4, -0.2) is 59.8 Å². The number of esters is 1. The fourth-order valence-electron chi connectivity index (χ4n) is 5.71. The zero-order valence-corrected chi connectivity index (χ0v) is 17.5. The second-order valence-electron chi connectivity index (χ2n) is 8.77. The number of nitrogens with zero attached hydrogens (tertiary/aromatic N) is 1. The van der Waals surface area contributed by atoms with Crippen molar-refractivity contribution in [3.63, 3.8) is 0 Å². The van der Waals surface area contributed by atoms with Crippen molar-refractivity contribution in [3.05, 3.63) is 59.7 Å². The molecule has 0 aromatic heterocycles. The average molecular weight is 421 g/mol. The summed E-state index contributed by atoms with van der Waals surface area (Å²) in [6, 6.07) is 16.4. The van der Waals surface area contributed by atoms with Crippen LogP contribution in [0.1, 0.15) is 42.7 Å². The van der Waals surface area contributed by atoms with Gasteiger partial charge in [0.2, 0.25) is 5.54 Å². The van der Waals surface area contributed by atoms with Gasteiger partial charge in [0.05, 0.1) is 0 Å². The zero-order valence-electron chi connectivity index (χ0n) is 17.5. The smallest absolute Gasteiger partial charge is 0.338 e. The normalized spacial score (nSPS) is 24.0. The van der Waals surface area contributed by atoms with Gasteiger partial charge in [-0.3, -0.25) is 4.90 Å². The van der Waals surface area contributed by atoms with E-state index in [0.29, 0.717) is 19.4 Å². The molecule has 2 N–H and O–H groups in total. The molecule has 0 bridgehead atoms. The monoisotopic (exact) mass is 420 g/mol. The van der Waals surface area contributed by atoms with Crippen molar-refractivity contribution in [3.8, 4) is 11.1 Å². The van der Waals surface area contributed by atoms with E-state index >= 15 is 0 Å². The highest BCUT2D eigenvalue weighted by molar-refractivity contribution is 6.04. The van der Waals surface area contributed by atoms with Gasteiger partial charge in [0.15, 0.2) is 0 Å². The average Bonchev–Trinajstić information content (AvgIpc) is 3.39. The van der Waals surface area contributed by atoms with Crippen molar-refractivity contribution >= 4 is 11.9 Å². The number of aliphatic carboxylic acids is 1. The maximum absolute atomic E-state index is 13.4. The van der Waals surface area contributed by atoms with Crippen LogP contribution in [0.5, 0.6) is 0 Å². The molecule has 1 aliphatic carbocycles. The Morgan fingerprint density at radius 1 is 1.03 bits per heavy atom. The first-order valence-electron chi connectivity index (χ1n) is 11.2. The molecule has 31 heavy (non-hydrogen) atoms. The molecule has 0 spiro atoms. The lowest BCUT2D eigenvalue weighted by molar-refractivity contribution is -0.172. The van der Waals surface area contributed by atoms with Crippen LogP contribution >= 0.6 is 0 Å². The van der Waals surface area contributed by atoms with E-state index in [2.05, 4.69) is 29.6 Å². The SMILES string of the molecule is O=C(O)[C@]1(C(=O)OCC2c3ccccc3-c3ccccc32)CCCN1C1CCNCC1. The molecule has 2 saturated heterocycles. The Morgan fingerprint density at radius 2 is 1.65 bits per heavy atom. The molecule has 0 unspecified atom stereocenters. The minimum absolute atomic E-state index is 0.0732. The molecule has 2 aliphatic heterocycles. The molecule has 2 fully saturated rings. The summed E-state index contributed by atoms with van der Waals surface area (Å²) < 4.78 is 5.83. The summed E-state index contributed by atoms with van der Waals surface area (Å²) in [7, 11) is 0. The van der Waals surface area contributed by atoms with Gasteiger partial charge in [-0.2, -0.15) is 0 Å². The number of carbonyl (C=O) groups is 2. The molecule has 0 amide bonds. The Morgan fingerprint density at radius 3 is 2.26 bits per heavy atom. The minimum atomic E-state index is -1.57. The maximum atomic E-state index is 13.4. The van der Waals surface area contributed by atoms with E-state index in [9.17, 15) is 14.7 Å². The van der Waals surface area contributed by atoms with Gasteiger partial charge in [-0.25, -0.2) is 9.59 Å². The summed E-state index contributed by atoms with van der Waals surface area (Å²) in [6.45, 7) is 2.48.